The molecule has 3 aliphatic heterocycles. The van der Waals surface area contributed by atoms with Crippen molar-refractivity contribution in [1.29, 1.82) is 0 Å². The van der Waals surface area contributed by atoms with E-state index in [2.05, 4.69) is 39.5 Å². The van der Waals surface area contributed by atoms with Crippen molar-refractivity contribution in [3.05, 3.63) is 18.1 Å². The smallest absolute Gasteiger partial charge is 0.237 e. The third-order valence-corrected chi connectivity index (χ3v) is 16.2. The molecule has 3 N–H and O–H groups in total. The van der Waals surface area contributed by atoms with Gasteiger partial charge in [0.05, 0.1) is 37.5 Å². The van der Waals surface area contributed by atoms with Crippen LogP contribution < -0.4 is 0 Å². The van der Waals surface area contributed by atoms with Crippen molar-refractivity contribution in [2.45, 2.75) is 143 Å². The number of hydrogen-bond donors (Lipinski definition) is 3. The van der Waals surface area contributed by atoms with Crippen LogP contribution in [0.3, 0.4) is 0 Å². The van der Waals surface area contributed by atoms with Gasteiger partial charge in [0.15, 0.2) is 6.29 Å². The molecule has 8 rings (SSSR count). The minimum atomic E-state index is -1.31. The molecule has 1 unspecified atom stereocenters. The quantitative estimate of drug-likeness (QED) is 0.364. The van der Waals surface area contributed by atoms with Crippen molar-refractivity contribution in [2.24, 2.45) is 44.8 Å². The van der Waals surface area contributed by atoms with Crippen LogP contribution in [0.5, 0.6) is 0 Å². The number of ether oxygens (including phenoxy) is 3. The molecule has 9 nitrogen and oxygen atoms in total. The lowest BCUT2D eigenvalue weighted by atomic mass is 9.41. The van der Waals surface area contributed by atoms with Crippen molar-refractivity contribution >= 4 is 5.91 Å². The van der Waals surface area contributed by atoms with E-state index in [1.807, 2.05) is 4.90 Å². The first kappa shape index (κ1) is 35.2. The molecule has 0 aromatic rings. The lowest BCUT2D eigenvalue weighted by Gasteiger charge is -2.63. The number of likely N-dealkylation sites (tertiary alicyclic amines) is 1. The summed E-state index contributed by atoms with van der Waals surface area (Å²) in [5.74, 6) is 2.62. The minimum absolute atomic E-state index is 0.0358. The third kappa shape index (κ3) is 4.90. The lowest BCUT2D eigenvalue weighted by molar-refractivity contribution is -0.242. The Balaban J connectivity index is 0.985. The summed E-state index contributed by atoms with van der Waals surface area (Å²) in [4.78, 5) is 17.4. The van der Waals surface area contributed by atoms with E-state index in [0.717, 1.165) is 51.3 Å². The van der Waals surface area contributed by atoms with Gasteiger partial charge in [0, 0.05) is 17.9 Å². The van der Waals surface area contributed by atoms with E-state index < -0.39 is 23.2 Å². The van der Waals surface area contributed by atoms with Crippen molar-refractivity contribution in [2.75, 3.05) is 39.3 Å². The molecule has 11 atom stereocenters. The SMILES string of the molecule is C[C@@H]1C[C]([C@H](O)C(C)(C)O)O[C]2[C@H]1[C@@]1(C)CC[C@@]34C[C@@]35CCC(O[C@H]3CN(C(=O)CN6CCCC6)CCO3)C(C)(C)[C@@H]5CC[C]4[C@]1(C)[C@H]2O. The van der Waals surface area contributed by atoms with Gasteiger partial charge in [0.1, 0.15) is 18.3 Å². The van der Waals surface area contributed by atoms with Gasteiger partial charge in [-0.2, -0.15) is 0 Å². The number of nitrogens with zero attached hydrogens (tertiary/aromatic N) is 2. The molecule has 3 heterocycles. The largest absolute Gasteiger partial charge is 0.389 e. The van der Waals surface area contributed by atoms with E-state index in [9.17, 15) is 20.1 Å². The third-order valence-electron chi connectivity index (χ3n) is 16.2. The van der Waals surface area contributed by atoms with Crippen LogP contribution in [0, 0.1) is 63.0 Å². The summed E-state index contributed by atoms with van der Waals surface area (Å²) in [7, 11) is 0. The topological polar surface area (TPSA) is 112 Å². The zero-order valence-corrected chi connectivity index (χ0v) is 31.2. The van der Waals surface area contributed by atoms with Crippen LogP contribution in [0.1, 0.15) is 113 Å². The maximum Gasteiger partial charge on any atom is 0.237 e. The first-order chi connectivity index (χ1) is 23.0. The van der Waals surface area contributed by atoms with Crippen LogP contribution in [0.15, 0.2) is 0 Å². The molecule has 3 saturated heterocycles. The Bertz CT molecular complexity index is 1300. The Morgan fingerprint density at radius 3 is 2.53 bits per heavy atom. The Morgan fingerprint density at radius 2 is 1.82 bits per heavy atom. The summed E-state index contributed by atoms with van der Waals surface area (Å²) in [6.07, 6.45) is 9.70. The second-order valence-corrected chi connectivity index (χ2v) is 19.3. The molecular weight excluding hydrogens is 620 g/mol. The number of hydrogen-bond acceptors (Lipinski definition) is 8. The van der Waals surface area contributed by atoms with Gasteiger partial charge in [0.25, 0.3) is 0 Å². The van der Waals surface area contributed by atoms with Crippen LogP contribution in [0.2, 0.25) is 0 Å². The van der Waals surface area contributed by atoms with Gasteiger partial charge in [0.2, 0.25) is 5.91 Å². The van der Waals surface area contributed by atoms with Crippen LogP contribution >= 0.6 is 0 Å². The van der Waals surface area contributed by atoms with Gasteiger partial charge >= 0.3 is 0 Å². The van der Waals surface area contributed by atoms with Gasteiger partial charge in [-0.3, -0.25) is 9.69 Å². The van der Waals surface area contributed by atoms with E-state index in [1.165, 1.54) is 25.7 Å². The fourth-order valence-electron chi connectivity index (χ4n) is 13.6. The maximum atomic E-state index is 13.1. The molecule has 5 saturated carbocycles. The lowest BCUT2D eigenvalue weighted by Crippen LogP contribution is -2.59. The number of morpholine rings is 1. The number of fused-ring (bicyclic) bond motifs is 4. The molecule has 0 aromatic carbocycles. The molecule has 9 heteroatoms. The predicted octanol–water partition coefficient (Wildman–Crippen LogP) is 4.88. The van der Waals surface area contributed by atoms with E-state index in [4.69, 9.17) is 14.2 Å². The normalized spacial score (nSPS) is 47.9. The molecule has 275 valence electrons. The Kier molecular flexibility index (Phi) is 8.34. The summed E-state index contributed by atoms with van der Waals surface area (Å²) < 4.78 is 19.5. The summed E-state index contributed by atoms with van der Waals surface area (Å²) in [6.45, 7) is 19.3. The first-order valence-corrected chi connectivity index (χ1v) is 19.6. The van der Waals surface area contributed by atoms with Gasteiger partial charge in [-0.15, -0.1) is 0 Å². The van der Waals surface area contributed by atoms with Gasteiger partial charge in [-0.1, -0.05) is 34.6 Å². The number of aliphatic hydroxyl groups is 3. The average molecular weight is 684 g/mol. The van der Waals surface area contributed by atoms with Crippen LogP contribution in [0.4, 0.5) is 0 Å². The maximum absolute atomic E-state index is 13.1. The van der Waals surface area contributed by atoms with Gasteiger partial charge in [-0.05, 0) is 131 Å². The summed E-state index contributed by atoms with van der Waals surface area (Å²) in [5.41, 5.74) is -1.50. The Hall–Kier alpha value is -0.810. The highest BCUT2D eigenvalue weighted by Crippen LogP contribution is 2.90. The number of carbonyl (C=O) groups is 1. The van der Waals surface area contributed by atoms with Gasteiger partial charge in [-0.25, -0.2) is 0 Å². The van der Waals surface area contributed by atoms with Gasteiger partial charge < -0.3 is 34.4 Å². The molecule has 2 spiro atoms. The van der Waals surface area contributed by atoms with Crippen molar-refractivity contribution in [1.82, 2.24) is 9.80 Å². The Morgan fingerprint density at radius 1 is 1.08 bits per heavy atom. The first-order valence-electron chi connectivity index (χ1n) is 19.6. The highest BCUT2D eigenvalue weighted by molar-refractivity contribution is 5.78. The average Bonchev–Trinajstić information content (AvgIpc) is 3.33. The van der Waals surface area contributed by atoms with E-state index in [-0.39, 0.29) is 51.8 Å². The molecule has 1 amide bonds. The second-order valence-electron chi connectivity index (χ2n) is 19.3. The Labute approximate surface area is 294 Å². The zero-order chi connectivity index (χ0) is 34.9. The second kappa shape index (κ2) is 11.6. The molecule has 5 aliphatic carbocycles. The fraction of sp³-hybridized carbons (Fsp3) is 0.900. The van der Waals surface area contributed by atoms with Crippen molar-refractivity contribution < 1.29 is 34.3 Å². The summed E-state index contributed by atoms with van der Waals surface area (Å²) >= 11 is 0. The molecule has 8 aliphatic rings. The number of carbonyl (C=O) groups excluding carboxylic acids is 1. The van der Waals surface area contributed by atoms with E-state index >= 15 is 0 Å². The number of aliphatic hydroxyl groups excluding tert-OH is 2. The highest BCUT2D eigenvalue weighted by atomic mass is 16.7. The van der Waals surface area contributed by atoms with Crippen molar-refractivity contribution in [3.63, 3.8) is 0 Å². The fourth-order valence-corrected chi connectivity index (χ4v) is 13.6. The standard InChI is InChI=1S/C40H63N2O7/c1-24-20-25(33(44)36(4,5)46)48-32-31(24)37(6)14-15-40-23-39(40)13-12-28(35(2,3)26(39)10-11-27(40)38(37,7)34(32)45)49-30-22-42(18-19-47-30)29(43)21-41-16-8-9-17-41/h24,26,28,30-31,33-34,44-46H,8-23H2,1-7H3/t24-,26+,28?,30+,31+,33+,34+,37-,38-,39-,40+/m1/s1. The molecular formula is C40H63N2O7. The molecule has 49 heavy (non-hydrogen) atoms. The van der Waals surface area contributed by atoms with Crippen molar-refractivity contribution in [3.8, 4) is 0 Å². The highest BCUT2D eigenvalue weighted by Gasteiger charge is 2.85. The molecule has 8 fully saturated rings. The predicted molar refractivity (Wildman–Crippen MR) is 184 cm³/mol. The summed E-state index contributed by atoms with van der Waals surface area (Å²) in [5, 5.41) is 34.0. The number of rotatable bonds is 6. The zero-order valence-electron chi connectivity index (χ0n) is 31.2. The van der Waals surface area contributed by atoms with Crippen LogP contribution in [-0.4, -0.2) is 101 Å². The van der Waals surface area contributed by atoms with E-state index in [1.54, 1.807) is 19.8 Å². The monoisotopic (exact) mass is 683 g/mol. The molecule has 0 aromatic heterocycles. The summed E-state index contributed by atoms with van der Waals surface area (Å²) in [6, 6.07) is 0. The van der Waals surface area contributed by atoms with Crippen LogP contribution in [0.25, 0.3) is 0 Å². The van der Waals surface area contributed by atoms with E-state index in [0.29, 0.717) is 44.7 Å². The number of amides is 1. The molecule has 3 radical (unpaired) electrons. The van der Waals surface area contributed by atoms with Crippen LogP contribution in [-0.2, 0) is 19.0 Å². The minimum Gasteiger partial charge on any atom is -0.389 e. The molecule has 0 bridgehead atoms.